The third-order valence-corrected chi connectivity index (χ3v) is 3.77. The number of oxazole rings is 1. The zero-order chi connectivity index (χ0) is 17.4. The van der Waals surface area contributed by atoms with Gasteiger partial charge in [-0.25, -0.2) is 9.37 Å². The van der Waals surface area contributed by atoms with Crippen LogP contribution in [0.5, 0.6) is 0 Å². The van der Waals surface area contributed by atoms with Gasteiger partial charge in [-0.3, -0.25) is 9.89 Å². The van der Waals surface area contributed by atoms with Crippen LogP contribution in [0.3, 0.4) is 0 Å². The van der Waals surface area contributed by atoms with E-state index in [9.17, 15) is 9.18 Å². The van der Waals surface area contributed by atoms with Crippen LogP contribution in [0.2, 0.25) is 0 Å². The van der Waals surface area contributed by atoms with Gasteiger partial charge < -0.3 is 9.73 Å². The van der Waals surface area contributed by atoms with Gasteiger partial charge in [0.2, 0.25) is 0 Å². The van der Waals surface area contributed by atoms with E-state index in [1.807, 2.05) is 0 Å². The third kappa shape index (κ3) is 2.87. The Labute approximate surface area is 141 Å². The molecule has 6 nitrogen and oxygen atoms in total. The first-order valence-electron chi connectivity index (χ1n) is 7.58. The summed E-state index contributed by atoms with van der Waals surface area (Å²) in [4.78, 5) is 16.8. The Bertz CT molecular complexity index is 1070. The van der Waals surface area contributed by atoms with Crippen molar-refractivity contribution in [2.24, 2.45) is 0 Å². The Balaban J connectivity index is 1.62. The van der Waals surface area contributed by atoms with E-state index in [1.165, 1.54) is 18.3 Å². The number of carbonyl (C=O) groups is 1. The number of rotatable bonds is 3. The van der Waals surface area contributed by atoms with E-state index in [4.69, 9.17) is 4.42 Å². The molecule has 25 heavy (non-hydrogen) atoms. The first-order chi connectivity index (χ1) is 12.1. The number of aromatic amines is 1. The summed E-state index contributed by atoms with van der Waals surface area (Å²) in [5.41, 5.74) is 3.48. The largest absolute Gasteiger partial charge is 0.441 e. The van der Waals surface area contributed by atoms with E-state index in [2.05, 4.69) is 20.5 Å². The highest BCUT2D eigenvalue weighted by atomic mass is 19.1. The van der Waals surface area contributed by atoms with Crippen LogP contribution in [0.15, 0.2) is 53.1 Å². The minimum absolute atomic E-state index is 0.326. The van der Waals surface area contributed by atoms with Gasteiger partial charge in [-0.15, -0.1) is 0 Å². The maximum atomic E-state index is 13.1. The first kappa shape index (κ1) is 15.1. The van der Waals surface area contributed by atoms with Crippen molar-refractivity contribution in [1.29, 1.82) is 0 Å². The lowest BCUT2D eigenvalue weighted by Crippen LogP contribution is -2.12. The summed E-state index contributed by atoms with van der Waals surface area (Å²) >= 11 is 0. The normalized spacial score (nSPS) is 11.0. The predicted molar refractivity (Wildman–Crippen MR) is 90.7 cm³/mol. The molecule has 2 aromatic heterocycles. The van der Waals surface area contributed by atoms with Gasteiger partial charge in [-0.2, -0.15) is 5.10 Å². The van der Waals surface area contributed by atoms with Gasteiger partial charge in [0.05, 0.1) is 17.5 Å². The molecule has 0 bridgehead atoms. The summed E-state index contributed by atoms with van der Waals surface area (Å²) in [6.07, 6.45) is 1.44. The van der Waals surface area contributed by atoms with Gasteiger partial charge >= 0.3 is 0 Å². The molecule has 2 aromatic carbocycles. The number of nitrogens with one attached hydrogen (secondary N) is 2. The van der Waals surface area contributed by atoms with Crippen LogP contribution in [0.1, 0.15) is 16.2 Å². The van der Waals surface area contributed by atoms with Crippen LogP contribution in [0.25, 0.3) is 22.4 Å². The van der Waals surface area contributed by atoms with E-state index in [-0.39, 0.29) is 11.7 Å². The van der Waals surface area contributed by atoms with Gasteiger partial charge in [-0.1, -0.05) is 0 Å². The Kier molecular flexibility index (Phi) is 3.53. The van der Waals surface area contributed by atoms with Gasteiger partial charge in [-0.05, 0) is 42.5 Å². The van der Waals surface area contributed by atoms with Crippen molar-refractivity contribution in [3.63, 3.8) is 0 Å². The van der Waals surface area contributed by atoms with Crippen LogP contribution in [-0.4, -0.2) is 21.1 Å². The zero-order valence-electron chi connectivity index (χ0n) is 13.2. The molecule has 0 aliphatic heterocycles. The second-order valence-electron chi connectivity index (χ2n) is 5.54. The summed E-state index contributed by atoms with van der Waals surface area (Å²) in [6.45, 7) is 1.76. The molecule has 0 unspecified atom stereocenters. The van der Waals surface area contributed by atoms with Crippen LogP contribution >= 0.6 is 0 Å². The molecular weight excluding hydrogens is 323 g/mol. The van der Waals surface area contributed by atoms with E-state index in [0.717, 1.165) is 0 Å². The van der Waals surface area contributed by atoms with E-state index < -0.39 is 0 Å². The van der Waals surface area contributed by atoms with Crippen molar-refractivity contribution in [3.05, 3.63) is 65.9 Å². The average molecular weight is 336 g/mol. The Morgan fingerprint density at radius 2 is 2.00 bits per heavy atom. The molecule has 0 saturated heterocycles. The number of hydrogen-bond donors (Lipinski definition) is 2. The van der Waals surface area contributed by atoms with Crippen molar-refractivity contribution in [2.45, 2.75) is 6.92 Å². The minimum atomic E-state index is -0.342. The van der Waals surface area contributed by atoms with Crippen molar-refractivity contribution in [3.8, 4) is 11.3 Å². The number of fused-ring (bicyclic) bond motifs is 1. The Morgan fingerprint density at radius 1 is 1.20 bits per heavy atom. The van der Waals surface area contributed by atoms with Crippen molar-refractivity contribution < 1.29 is 13.6 Å². The lowest BCUT2D eigenvalue weighted by Gasteiger charge is -2.06. The molecule has 0 atom stereocenters. The topological polar surface area (TPSA) is 83.8 Å². The van der Waals surface area contributed by atoms with E-state index in [1.54, 1.807) is 37.3 Å². The third-order valence-electron chi connectivity index (χ3n) is 3.77. The van der Waals surface area contributed by atoms with E-state index in [0.29, 0.717) is 39.5 Å². The highest BCUT2D eigenvalue weighted by Gasteiger charge is 2.16. The van der Waals surface area contributed by atoms with Crippen LogP contribution < -0.4 is 5.32 Å². The highest BCUT2D eigenvalue weighted by molar-refractivity contribution is 6.08. The number of halogens is 1. The molecule has 1 amide bonds. The number of carbonyl (C=O) groups excluding carboxylic acids is 1. The smallest absolute Gasteiger partial charge is 0.259 e. The molecule has 0 radical (unpaired) electrons. The van der Waals surface area contributed by atoms with Crippen molar-refractivity contribution in [2.75, 3.05) is 5.32 Å². The number of H-pyrrole nitrogens is 1. The average Bonchev–Trinajstić information content (AvgIpc) is 3.21. The monoisotopic (exact) mass is 336 g/mol. The molecule has 0 fully saturated rings. The quantitative estimate of drug-likeness (QED) is 0.594. The molecule has 0 aliphatic carbocycles. The summed E-state index contributed by atoms with van der Waals surface area (Å²) in [6, 6.07) is 11.1. The number of nitrogens with zero attached hydrogens (tertiary/aromatic N) is 2. The number of aromatic nitrogens is 3. The molecule has 0 spiro atoms. The number of anilines is 1. The first-order valence-corrected chi connectivity index (χ1v) is 7.58. The molecule has 2 N–H and O–H groups in total. The molecule has 2 heterocycles. The zero-order valence-corrected chi connectivity index (χ0v) is 13.2. The van der Waals surface area contributed by atoms with Crippen LogP contribution in [-0.2, 0) is 0 Å². The van der Waals surface area contributed by atoms with E-state index >= 15 is 0 Å². The summed E-state index contributed by atoms with van der Waals surface area (Å²) in [5.74, 6) is -0.106. The lowest BCUT2D eigenvalue weighted by atomic mass is 10.1. The maximum absolute atomic E-state index is 13.1. The van der Waals surface area contributed by atoms with Gasteiger partial charge in [0.1, 0.15) is 11.3 Å². The molecule has 4 rings (SSSR count). The molecule has 0 saturated carbocycles. The fourth-order valence-corrected chi connectivity index (χ4v) is 2.61. The van der Waals surface area contributed by atoms with Crippen LogP contribution in [0, 0.1) is 12.7 Å². The lowest BCUT2D eigenvalue weighted by molar-refractivity contribution is 0.102. The fourth-order valence-electron chi connectivity index (χ4n) is 2.61. The number of benzene rings is 2. The van der Waals surface area contributed by atoms with Crippen LogP contribution in [0.4, 0.5) is 10.1 Å². The Hall–Kier alpha value is -3.48. The highest BCUT2D eigenvalue weighted by Crippen LogP contribution is 2.24. The van der Waals surface area contributed by atoms with Crippen molar-refractivity contribution >= 4 is 22.7 Å². The van der Waals surface area contributed by atoms with Gasteiger partial charge in [0.25, 0.3) is 5.91 Å². The second kappa shape index (κ2) is 5.86. The minimum Gasteiger partial charge on any atom is -0.441 e. The fraction of sp³-hybridized carbons (Fsp3) is 0.0556. The number of hydrogen-bond acceptors (Lipinski definition) is 4. The Morgan fingerprint density at radius 3 is 2.80 bits per heavy atom. The standard InChI is InChI=1S/C18H13FN4O2/c1-10-21-15-8-13(6-7-16(15)25-10)22-18(24)14-9-20-23-17(14)11-2-4-12(19)5-3-11/h2-9H,1H3,(H,20,23)(H,22,24). The molecule has 124 valence electrons. The van der Waals surface area contributed by atoms with Crippen molar-refractivity contribution in [1.82, 2.24) is 15.2 Å². The molecule has 7 heteroatoms. The number of aryl methyl sites for hydroxylation is 1. The predicted octanol–water partition coefficient (Wildman–Crippen LogP) is 3.92. The molecule has 0 aliphatic rings. The second-order valence-corrected chi connectivity index (χ2v) is 5.54. The molecular formula is C18H13FN4O2. The SMILES string of the molecule is Cc1nc2cc(NC(=O)c3cn[nH]c3-c3ccc(F)cc3)ccc2o1. The maximum Gasteiger partial charge on any atom is 0.259 e. The summed E-state index contributed by atoms with van der Waals surface area (Å²) < 4.78 is 18.5. The molecule has 4 aromatic rings. The summed E-state index contributed by atoms with van der Waals surface area (Å²) in [7, 11) is 0. The summed E-state index contributed by atoms with van der Waals surface area (Å²) in [5, 5.41) is 9.52. The van der Waals surface area contributed by atoms with Gasteiger partial charge in [0, 0.05) is 18.2 Å². The number of amides is 1. The van der Waals surface area contributed by atoms with Gasteiger partial charge in [0.15, 0.2) is 11.5 Å².